The van der Waals surface area contributed by atoms with Gasteiger partial charge in [0.15, 0.2) is 0 Å². The van der Waals surface area contributed by atoms with Gasteiger partial charge in [0.25, 0.3) is 0 Å². The van der Waals surface area contributed by atoms with Gasteiger partial charge in [0, 0.05) is 17.8 Å². The number of hydrogen-bond donors (Lipinski definition) is 3. The number of hydrogen-bond acceptors (Lipinski definition) is 2. The quantitative estimate of drug-likeness (QED) is 0.770. The fraction of sp³-hybridized carbons (Fsp3) is 0.588. The van der Waals surface area contributed by atoms with Crippen molar-refractivity contribution in [1.29, 1.82) is 0 Å². The summed E-state index contributed by atoms with van der Waals surface area (Å²) < 4.78 is 0. The first kappa shape index (κ1) is 17.5. The smallest absolute Gasteiger partial charge is 0.319 e. The number of urea groups is 1. The molecule has 0 spiro atoms. The molecule has 3 N–H and O–H groups in total. The molecular formula is C17H29N3O. The van der Waals surface area contributed by atoms with E-state index in [-0.39, 0.29) is 17.5 Å². The Labute approximate surface area is 128 Å². The van der Waals surface area contributed by atoms with E-state index in [4.69, 9.17) is 0 Å². The zero-order valence-electron chi connectivity index (χ0n) is 14.1. The van der Waals surface area contributed by atoms with E-state index in [9.17, 15) is 4.79 Å². The summed E-state index contributed by atoms with van der Waals surface area (Å²) in [6.07, 6.45) is 0. The van der Waals surface area contributed by atoms with E-state index >= 15 is 0 Å². The van der Waals surface area contributed by atoms with Crippen LogP contribution in [0, 0.1) is 5.41 Å². The first-order valence-electron chi connectivity index (χ1n) is 7.65. The van der Waals surface area contributed by atoms with Gasteiger partial charge in [-0.05, 0) is 43.5 Å². The van der Waals surface area contributed by atoms with Crippen LogP contribution in [-0.2, 0) is 0 Å². The van der Waals surface area contributed by atoms with E-state index in [2.05, 4.69) is 50.6 Å². The summed E-state index contributed by atoms with van der Waals surface area (Å²) in [7, 11) is 0. The third-order valence-corrected chi connectivity index (χ3v) is 3.83. The van der Waals surface area contributed by atoms with Crippen molar-refractivity contribution >= 4 is 11.7 Å². The van der Waals surface area contributed by atoms with Crippen molar-refractivity contribution in [3.8, 4) is 0 Å². The van der Waals surface area contributed by atoms with Crippen LogP contribution in [0.4, 0.5) is 10.5 Å². The number of anilines is 1. The first-order chi connectivity index (χ1) is 9.74. The van der Waals surface area contributed by atoms with Crippen LogP contribution in [0.15, 0.2) is 24.3 Å². The normalized spacial score (nSPS) is 14.4. The first-order valence-corrected chi connectivity index (χ1v) is 7.65. The molecule has 1 rings (SSSR count). The Balaban J connectivity index is 2.58. The topological polar surface area (TPSA) is 53.2 Å². The third kappa shape index (κ3) is 5.76. The molecule has 1 aromatic carbocycles. The molecule has 0 radical (unpaired) electrons. The summed E-state index contributed by atoms with van der Waals surface area (Å²) in [6, 6.07) is 8.20. The molecule has 2 amide bonds. The minimum Gasteiger partial charge on any atom is -0.335 e. The monoisotopic (exact) mass is 291 g/mol. The summed E-state index contributed by atoms with van der Waals surface area (Å²) >= 11 is 0. The van der Waals surface area contributed by atoms with E-state index in [1.807, 2.05) is 31.2 Å². The molecule has 1 aromatic rings. The second-order valence-corrected chi connectivity index (χ2v) is 6.59. The highest BCUT2D eigenvalue weighted by Gasteiger charge is 2.21. The SMILES string of the molecule is CCNC(C)c1ccc(NC(=O)NC(C)C(C)(C)C)cc1. The lowest BCUT2D eigenvalue weighted by molar-refractivity contribution is 0.233. The highest BCUT2D eigenvalue weighted by molar-refractivity contribution is 5.89. The number of nitrogens with one attached hydrogen (secondary N) is 3. The maximum atomic E-state index is 12.0. The molecule has 4 nitrogen and oxygen atoms in total. The van der Waals surface area contributed by atoms with Crippen LogP contribution in [0.2, 0.25) is 0 Å². The summed E-state index contributed by atoms with van der Waals surface area (Å²) in [5, 5.41) is 9.20. The summed E-state index contributed by atoms with van der Waals surface area (Å²) in [6.45, 7) is 13.5. The summed E-state index contributed by atoms with van der Waals surface area (Å²) in [4.78, 5) is 12.0. The molecule has 0 aliphatic rings. The minimum absolute atomic E-state index is 0.0441. The zero-order valence-corrected chi connectivity index (χ0v) is 14.1. The molecule has 2 unspecified atom stereocenters. The molecule has 0 aliphatic carbocycles. The van der Waals surface area contributed by atoms with Crippen LogP contribution in [0.3, 0.4) is 0 Å². The third-order valence-electron chi connectivity index (χ3n) is 3.83. The molecule has 0 saturated carbocycles. The highest BCUT2D eigenvalue weighted by atomic mass is 16.2. The summed E-state index contributed by atoms with van der Waals surface area (Å²) in [5.74, 6) is 0. The molecule has 2 atom stereocenters. The second kappa shape index (κ2) is 7.46. The van der Waals surface area contributed by atoms with Crippen molar-refractivity contribution in [3.05, 3.63) is 29.8 Å². The van der Waals surface area contributed by atoms with E-state index < -0.39 is 0 Å². The Hall–Kier alpha value is -1.55. The van der Waals surface area contributed by atoms with Crippen molar-refractivity contribution in [2.24, 2.45) is 5.41 Å². The van der Waals surface area contributed by atoms with Gasteiger partial charge in [0.2, 0.25) is 0 Å². The standard InChI is InChI=1S/C17H29N3O/c1-7-18-12(2)14-8-10-15(11-9-14)20-16(21)19-13(3)17(4,5)6/h8-13,18H,7H2,1-6H3,(H2,19,20,21). The van der Waals surface area contributed by atoms with Crippen LogP contribution < -0.4 is 16.0 Å². The fourth-order valence-corrected chi connectivity index (χ4v) is 1.86. The lowest BCUT2D eigenvalue weighted by Crippen LogP contribution is -2.43. The molecular weight excluding hydrogens is 262 g/mol. The van der Waals surface area contributed by atoms with Crippen molar-refractivity contribution in [2.75, 3.05) is 11.9 Å². The van der Waals surface area contributed by atoms with Gasteiger partial charge in [-0.25, -0.2) is 4.79 Å². The number of benzene rings is 1. The maximum absolute atomic E-state index is 12.0. The molecule has 4 heteroatoms. The number of carbonyl (C=O) groups excluding carboxylic acids is 1. The molecule has 118 valence electrons. The molecule has 0 bridgehead atoms. The molecule has 0 saturated heterocycles. The molecule has 0 heterocycles. The van der Waals surface area contributed by atoms with E-state index in [0.29, 0.717) is 6.04 Å². The van der Waals surface area contributed by atoms with Crippen molar-refractivity contribution in [3.63, 3.8) is 0 Å². The van der Waals surface area contributed by atoms with E-state index in [0.717, 1.165) is 12.2 Å². The predicted octanol–water partition coefficient (Wildman–Crippen LogP) is 3.91. The van der Waals surface area contributed by atoms with Crippen LogP contribution in [0.1, 0.15) is 53.1 Å². The number of amides is 2. The van der Waals surface area contributed by atoms with Gasteiger partial charge in [-0.3, -0.25) is 0 Å². The Morgan fingerprint density at radius 1 is 1.14 bits per heavy atom. The van der Waals surface area contributed by atoms with Gasteiger partial charge < -0.3 is 16.0 Å². The average molecular weight is 291 g/mol. The van der Waals surface area contributed by atoms with E-state index in [1.54, 1.807) is 0 Å². The largest absolute Gasteiger partial charge is 0.335 e. The van der Waals surface area contributed by atoms with Crippen LogP contribution in [0.5, 0.6) is 0 Å². The molecule has 0 aromatic heterocycles. The van der Waals surface area contributed by atoms with Gasteiger partial charge in [-0.1, -0.05) is 39.8 Å². The Bertz CT molecular complexity index is 448. The van der Waals surface area contributed by atoms with Crippen molar-refractivity contribution < 1.29 is 4.79 Å². The van der Waals surface area contributed by atoms with Crippen LogP contribution >= 0.6 is 0 Å². The van der Waals surface area contributed by atoms with E-state index in [1.165, 1.54) is 5.56 Å². The lowest BCUT2D eigenvalue weighted by Gasteiger charge is -2.28. The molecule has 21 heavy (non-hydrogen) atoms. The fourth-order valence-electron chi connectivity index (χ4n) is 1.86. The van der Waals surface area contributed by atoms with Crippen LogP contribution in [0.25, 0.3) is 0 Å². The number of rotatable bonds is 5. The zero-order chi connectivity index (χ0) is 16.0. The van der Waals surface area contributed by atoms with Crippen molar-refractivity contribution in [1.82, 2.24) is 10.6 Å². The van der Waals surface area contributed by atoms with Gasteiger partial charge >= 0.3 is 6.03 Å². The van der Waals surface area contributed by atoms with Gasteiger partial charge in [-0.15, -0.1) is 0 Å². The lowest BCUT2D eigenvalue weighted by atomic mass is 9.88. The number of carbonyl (C=O) groups is 1. The van der Waals surface area contributed by atoms with Gasteiger partial charge in [0.05, 0.1) is 0 Å². The van der Waals surface area contributed by atoms with Gasteiger partial charge in [0.1, 0.15) is 0 Å². The maximum Gasteiger partial charge on any atom is 0.319 e. The molecule has 0 fully saturated rings. The van der Waals surface area contributed by atoms with Crippen LogP contribution in [-0.4, -0.2) is 18.6 Å². The molecule has 0 aliphatic heterocycles. The Morgan fingerprint density at radius 2 is 1.71 bits per heavy atom. The minimum atomic E-state index is -0.162. The van der Waals surface area contributed by atoms with Gasteiger partial charge in [-0.2, -0.15) is 0 Å². The average Bonchev–Trinajstić information content (AvgIpc) is 2.38. The Morgan fingerprint density at radius 3 is 2.19 bits per heavy atom. The van der Waals surface area contributed by atoms with Crippen molar-refractivity contribution in [2.45, 2.75) is 53.6 Å². The summed E-state index contributed by atoms with van der Waals surface area (Å²) in [5.41, 5.74) is 2.06. The predicted molar refractivity (Wildman–Crippen MR) is 89.6 cm³/mol. The Kier molecular flexibility index (Phi) is 6.21. The second-order valence-electron chi connectivity index (χ2n) is 6.59. The highest BCUT2D eigenvalue weighted by Crippen LogP contribution is 2.19.